The smallest absolute Gasteiger partial charge is 0.313 e. The molecule has 2 atom stereocenters. The maximum absolute atomic E-state index is 12.3. The molecule has 3 aliphatic rings. The Bertz CT molecular complexity index is 597. The molecule has 1 aromatic heterocycles. The molecule has 0 radical (unpaired) electrons. The van der Waals surface area contributed by atoms with Crippen molar-refractivity contribution in [2.75, 3.05) is 38.2 Å². The number of esters is 1. The van der Waals surface area contributed by atoms with E-state index in [-0.39, 0.29) is 11.4 Å². The number of nitrogens with zero attached hydrogens (tertiary/aromatic N) is 3. The van der Waals surface area contributed by atoms with Gasteiger partial charge in [0, 0.05) is 38.9 Å². The van der Waals surface area contributed by atoms with Gasteiger partial charge in [0.2, 0.25) is 0 Å². The van der Waals surface area contributed by atoms with Gasteiger partial charge in [-0.05, 0) is 43.2 Å². The number of methoxy groups -OCH3 is 1. The van der Waals surface area contributed by atoms with Crippen LogP contribution in [0.2, 0.25) is 0 Å². The molecule has 3 heterocycles. The monoisotopic (exact) mass is 329 g/mol. The van der Waals surface area contributed by atoms with E-state index in [0.717, 1.165) is 57.8 Å². The number of carbonyl (C=O) groups is 1. The molecule has 0 unspecified atom stereocenters. The third-order valence-electron chi connectivity index (χ3n) is 6.18. The van der Waals surface area contributed by atoms with Crippen molar-refractivity contribution in [2.45, 2.75) is 38.6 Å². The summed E-state index contributed by atoms with van der Waals surface area (Å²) in [5.74, 6) is 1.55. The molecule has 5 nitrogen and oxygen atoms in total. The summed E-state index contributed by atoms with van der Waals surface area (Å²) in [5.41, 5.74) is 0.982. The first-order valence-corrected chi connectivity index (χ1v) is 9.22. The van der Waals surface area contributed by atoms with Crippen molar-refractivity contribution < 1.29 is 9.53 Å². The predicted octanol–water partition coefficient (Wildman–Crippen LogP) is 2.46. The first kappa shape index (κ1) is 15.9. The Morgan fingerprint density at radius 2 is 2.17 bits per heavy atom. The highest BCUT2D eigenvalue weighted by Crippen LogP contribution is 2.49. The third-order valence-corrected chi connectivity index (χ3v) is 6.18. The van der Waals surface area contributed by atoms with Crippen LogP contribution in [0.1, 0.15) is 37.7 Å². The van der Waals surface area contributed by atoms with Crippen molar-refractivity contribution in [3.8, 4) is 0 Å². The van der Waals surface area contributed by atoms with Gasteiger partial charge in [0.25, 0.3) is 0 Å². The first-order chi connectivity index (χ1) is 11.7. The SMILES string of the molecule is COC(=O)[C@]12CCC[C@H]1CN(Cc1ccc(N3CCCC3)nc1)C2. The summed E-state index contributed by atoms with van der Waals surface area (Å²) in [6.07, 6.45) is 7.83. The minimum absolute atomic E-state index is 0.00462. The number of aromatic nitrogens is 1. The van der Waals surface area contributed by atoms with E-state index in [9.17, 15) is 4.79 Å². The summed E-state index contributed by atoms with van der Waals surface area (Å²) in [6, 6.07) is 4.34. The van der Waals surface area contributed by atoms with Crippen molar-refractivity contribution in [3.05, 3.63) is 23.9 Å². The lowest BCUT2D eigenvalue weighted by atomic mass is 9.81. The van der Waals surface area contributed by atoms with E-state index in [1.165, 1.54) is 25.5 Å². The number of hydrogen-bond acceptors (Lipinski definition) is 5. The normalized spacial score (nSPS) is 29.9. The van der Waals surface area contributed by atoms with E-state index in [4.69, 9.17) is 4.74 Å². The average Bonchev–Trinajstić information content (AvgIpc) is 3.30. The van der Waals surface area contributed by atoms with E-state index in [2.05, 4.69) is 26.9 Å². The van der Waals surface area contributed by atoms with Crippen LogP contribution in [0.15, 0.2) is 18.3 Å². The standard InChI is InChI=1S/C19H27N3O2/c1-24-18(23)19-8-4-5-16(19)13-21(14-19)12-15-6-7-17(20-11-15)22-9-2-3-10-22/h6-7,11,16H,2-5,8-10,12-14H2,1H3/t16-,19-/m0/s1. The zero-order valence-electron chi connectivity index (χ0n) is 14.5. The summed E-state index contributed by atoms with van der Waals surface area (Å²) in [4.78, 5) is 21.8. The number of fused-ring (bicyclic) bond motifs is 1. The summed E-state index contributed by atoms with van der Waals surface area (Å²) in [5, 5.41) is 0. The van der Waals surface area contributed by atoms with Gasteiger partial charge in [-0.25, -0.2) is 4.98 Å². The van der Waals surface area contributed by atoms with Crippen LogP contribution >= 0.6 is 0 Å². The maximum Gasteiger partial charge on any atom is 0.313 e. The van der Waals surface area contributed by atoms with Crippen LogP contribution < -0.4 is 4.90 Å². The highest BCUT2D eigenvalue weighted by molar-refractivity contribution is 5.78. The highest BCUT2D eigenvalue weighted by Gasteiger charge is 2.55. The summed E-state index contributed by atoms with van der Waals surface area (Å²) in [7, 11) is 1.52. The number of anilines is 1. The minimum atomic E-state index is -0.252. The van der Waals surface area contributed by atoms with E-state index >= 15 is 0 Å². The Labute approximate surface area is 144 Å². The molecule has 1 aromatic rings. The molecule has 3 fully saturated rings. The van der Waals surface area contributed by atoms with E-state index in [1.807, 2.05) is 6.20 Å². The molecule has 0 spiro atoms. The Kier molecular flexibility index (Phi) is 4.21. The number of pyridine rings is 1. The Morgan fingerprint density at radius 1 is 1.33 bits per heavy atom. The topological polar surface area (TPSA) is 45.7 Å². The molecule has 2 saturated heterocycles. The fourth-order valence-electron chi connectivity index (χ4n) is 4.95. The van der Waals surface area contributed by atoms with Gasteiger partial charge in [-0.15, -0.1) is 0 Å². The number of likely N-dealkylation sites (tertiary alicyclic amines) is 1. The van der Waals surface area contributed by atoms with Gasteiger partial charge in [-0.3, -0.25) is 9.69 Å². The number of hydrogen-bond donors (Lipinski definition) is 0. The van der Waals surface area contributed by atoms with Crippen molar-refractivity contribution in [2.24, 2.45) is 11.3 Å². The van der Waals surface area contributed by atoms with Crippen LogP contribution in [0.5, 0.6) is 0 Å². The zero-order valence-corrected chi connectivity index (χ0v) is 14.5. The largest absolute Gasteiger partial charge is 0.469 e. The Balaban J connectivity index is 1.42. The second kappa shape index (κ2) is 6.36. The van der Waals surface area contributed by atoms with Crippen molar-refractivity contribution in [1.82, 2.24) is 9.88 Å². The van der Waals surface area contributed by atoms with Gasteiger partial charge < -0.3 is 9.64 Å². The molecular weight excluding hydrogens is 302 g/mol. The fourth-order valence-corrected chi connectivity index (χ4v) is 4.95. The predicted molar refractivity (Wildman–Crippen MR) is 92.8 cm³/mol. The minimum Gasteiger partial charge on any atom is -0.469 e. The summed E-state index contributed by atoms with van der Waals surface area (Å²) in [6.45, 7) is 4.97. The molecule has 24 heavy (non-hydrogen) atoms. The summed E-state index contributed by atoms with van der Waals surface area (Å²) < 4.78 is 5.13. The van der Waals surface area contributed by atoms with Crippen molar-refractivity contribution in [3.63, 3.8) is 0 Å². The zero-order chi connectivity index (χ0) is 16.6. The van der Waals surface area contributed by atoms with E-state index in [1.54, 1.807) is 0 Å². The van der Waals surface area contributed by atoms with Gasteiger partial charge in [0.1, 0.15) is 5.82 Å². The van der Waals surface area contributed by atoms with Gasteiger partial charge in [0.05, 0.1) is 12.5 Å². The molecule has 1 aliphatic carbocycles. The molecule has 2 aliphatic heterocycles. The molecule has 0 aromatic carbocycles. The fraction of sp³-hybridized carbons (Fsp3) is 0.684. The van der Waals surface area contributed by atoms with Crippen LogP contribution in [0.4, 0.5) is 5.82 Å². The van der Waals surface area contributed by atoms with Crippen LogP contribution in [0.25, 0.3) is 0 Å². The molecule has 0 bridgehead atoms. The number of ether oxygens (including phenoxy) is 1. The molecule has 5 heteroatoms. The second-order valence-electron chi connectivity index (χ2n) is 7.63. The van der Waals surface area contributed by atoms with Gasteiger partial charge in [-0.1, -0.05) is 12.5 Å². The lowest BCUT2D eigenvalue weighted by Gasteiger charge is -2.25. The third kappa shape index (κ3) is 2.69. The number of carbonyl (C=O) groups excluding carboxylic acids is 1. The second-order valence-corrected chi connectivity index (χ2v) is 7.63. The molecule has 1 saturated carbocycles. The lowest BCUT2D eigenvalue weighted by Crippen LogP contribution is -2.36. The highest BCUT2D eigenvalue weighted by atomic mass is 16.5. The van der Waals surface area contributed by atoms with Crippen molar-refractivity contribution in [1.29, 1.82) is 0 Å². The summed E-state index contributed by atoms with van der Waals surface area (Å²) >= 11 is 0. The van der Waals surface area contributed by atoms with Crippen molar-refractivity contribution >= 4 is 11.8 Å². The Hall–Kier alpha value is -1.62. The van der Waals surface area contributed by atoms with Gasteiger partial charge >= 0.3 is 5.97 Å². The van der Waals surface area contributed by atoms with Crippen LogP contribution in [-0.4, -0.2) is 49.1 Å². The van der Waals surface area contributed by atoms with Crippen LogP contribution in [0, 0.1) is 11.3 Å². The first-order valence-electron chi connectivity index (χ1n) is 9.22. The molecule has 130 valence electrons. The molecular formula is C19H27N3O2. The maximum atomic E-state index is 12.3. The van der Waals surface area contributed by atoms with E-state index in [0.29, 0.717) is 5.92 Å². The number of rotatable bonds is 4. The lowest BCUT2D eigenvalue weighted by molar-refractivity contribution is -0.153. The molecule has 4 rings (SSSR count). The van der Waals surface area contributed by atoms with Crippen LogP contribution in [-0.2, 0) is 16.1 Å². The van der Waals surface area contributed by atoms with Crippen LogP contribution in [0.3, 0.4) is 0 Å². The molecule has 0 amide bonds. The van der Waals surface area contributed by atoms with Gasteiger partial charge in [-0.2, -0.15) is 0 Å². The Morgan fingerprint density at radius 3 is 2.88 bits per heavy atom. The molecule has 0 N–H and O–H groups in total. The average molecular weight is 329 g/mol. The van der Waals surface area contributed by atoms with Gasteiger partial charge in [0.15, 0.2) is 0 Å². The van der Waals surface area contributed by atoms with E-state index < -0.39 is 0 Å². The quantitative estimate of drug-likeness (QED) is 0.794.